The van der Waals surface area contributed by atoms with Gasteiger partial charge >= 0.3 is 0 Å². The van der Waals surface area contributed by atoms with Crippen LogP contribution in [0.5, 0.6) is 0 Å². The fourth-order valence-corrected chi connectivity index (χ4v) is 7.28. The van der Waals surface area contributed by atoms with Gasteiger partial charge in [-0.15, -0.1) is 0 Å². The van der Waals surface area contributed by atoms with Crippen LogP contribution in [-0.4, -0.2) is 17.3 Å². The van der Waals surface area contributed by atoms with E-state index < -0.39 is 0 Å². The van der Waals surface area contributed by atoms with Gasteiger partial charge in [-0.1, -0.05) is 13.8 Å². The summed E-state index contributed by atoms with van der Waals surface area (Å²) in [5.74, 6) is 3.50. The molecule has 3 N–H and O–H groups in total. The highest BCUT2D eigenvalue weighted by Crippen LogP contribution is 2.65. The van der Waals surface area contributed by atoms with E-state index in [2.05, 4.69) is 13.8 Å². The van der Waals surface area contributed by atoms with Gasteiger partial charge in [0, 0.05) is 6.04 Å². The molecule has 0 bridgehead atoms. The number of nitrogens with two attached hydrogens (primary N) is 1. The lowest BCUT2D eigenvalue weighted by molar-refractivity contribution is -0.122. The molecular weight excluding hydrogens is 258 g/mol. The summed E-state index contributed by atoms with van der Waals surface area (Å²) in [7, 11) is 0. The van der Waals surface area contributed by atoms with Crippen molar-refractivity contribution in [2.45, 2.75) is 83.8 Å². The number of rotatable bonds is 0. The topological polar surface area (TPSA) is 46.2 Å². The molecule has 4 aliphatic carbocycles. The van der Waals surface area contributed by atoms with E-state index in [4.69, 9.17) is 5.73 Å². The highest BCUT2D eigenvalue weighted by molar-refractivity contribution is 5.10. The summed E-state index contributed by atoms with van der Waals surface area (Å²) in [6.45, 7) is 5.06. The van der Waals surface area contributed by atoms with Crippen LogP contribution in [0.3, 0.4) is 0 Å². The normalized spacial score (nSPS) is 60.0. The molecule has 8 atom stereocenters. The standard InChI is InChI=1S/C19H33NO/c1-18-9-7-13(21)11-12(18)3-4-14-15-5-6-17(20)19(15,2)10-8-16(14)18/h12-17,21H,3-11,20H2,1-2H3/t12?,13?,14-,15-,16+,17?,18-,19-/m0/s1. The Bertz CT molecular complexity index is 424. The Labute approximate surface area is 129 Å². The number of fused-ring (bicyclic) bond motifs is 5. The summed E-state index contributed by atoms with van der Waals surface area (Å²) in [6.07, 6.45) is 11.5. The van der Waals surface area contributed by atoms with Crippen molar-refractivity contribution in [3.63, 3.8) is 0 Å². The lowest BCUT2D eigenvalue weighted by Crippen LogP contribution is -2.55. The van der Waals surface area contributed by atoms with Gasteiger partial charge in [0.15, 0.2) is 0 Å². The van der Waals surface area contributed by atoms with Gasteiger partial charge in [-0.05, 0) is 92.3 Å². The third kappa shape index (κ3) is 1.91. The molecular formula is C19H33NO. The smallest absolute Gasteiger partial charge is 0.0543 e. The Balaban J connectivity index is 1.62. The molecule has 3 unspecified atom stereocenters. The Morgan fingerprint density at radius 1 is 0.857 bits per heavy atom. The highest BCUT2D eigenvalue weighted by atomic mass is 16.3. The molecule has 4 aliphatic rings. The minimum absolute atomic E-state index is 0.0200. The zero-order valence-electron chi connectivity index (χ0n) is 13.9. The second kappa shape index (κ2) is 4.71. The van der Waals surface area contributed by atoms with Crippen molar-refractivity contribution in [3.8, 4) is 0 Å². The van der Waals surface area contributed by atoms with Crippen LogP contribution in [0.4, 0.5) is 0 Å². The number of hydrogen-bond acceptors (Lipinski definition) is 2. The maximum absolute atomic E-state index is 10.1. The molecule has 2 heteroatoms. The van der Waals surface area contributed by atoms with E-state index in [-0.39, 0.29) is 6.10 Å². The molecule has 4 rings (SSSR count). The van der Waals surface area contributed by atoms with Crippen LogP contribution in [-0.2, 0) is 0 Å². The van der Waals surface area contributed by atoms with Gasteiger partial charge in [0.2, 0.25) is 0 Å². The lowest BCUT2D eigenvalue weighted by Gasteiger charge is -2.60. The van der Waals surface area contributed by atoms with Gasteiger partial charge < -0.3 is 10.8 Å². The van der Waals surface area contributed by atoms with Crippen LogP contribution in [0.2, 0.25) is 0 Å². The van der Waals surface area contributed by atoms with E-state index in [0.29, 0.717) is 16.9 Å². The largest absolute Gasteiger partial charge is 0.393 e. The molecule has 0 aromatic heterocycles. The SMILES string of the molecule is C[C@]12CCC(O)CC1CC[C@@H]1[C@H]2CC[C@]2(C)C(N)CC[C@@H]12. The van der Waals surface area contributed by atoms with Crippen molar-refractivity contribution in [2.75, 3.05) is 0 Å². The van der Waals surface area contributed by atoms with Crippen LogP contribution in [0.1, 0.15) is 71.6 Å². The van der Waals surface area contributed by atoms with E-state index in [1.54, 1.807) is 0 Å². The van der Waals surface area contributed by atoms with Crippen LogP contribution in [0, 0.1) is 34.5 Å². The average molecular weight is 291 g/mol. The molecule has 0 aliphatic heterocycles. The Morgan fingerprint density at radius 3 is 2.38 bits per heavy atom. The predicted molar refractivity (Wildman–Crippen MR) is 85.7 cm³/mol. The highest BCUT2D eigenvalue weighted by Gasteiger charge is 2.59. The maximum atomic E-state index is 10.1. The minimum Gasteiger partial charge on any atom is -0.393 e. The van der Waals surface area contributed by atoms with Crippen molar-refractivity contribution in [1.82, 2.24) is 0 Å². The van der Waals surface area contributed by atoms with Gasteiger partial charge in [-0.2, -0.15) is 0 Å². The summed E-state index contributed by atoms with van der Waals surface area (Å²) in [4.78, 5) is 0. The van der Waals surface area contributed by atoms with Crippen molar-refractivity contribution < 1.29 is 5.11 Å². The first kappa shape index (κ1) is 14.5. The van der Waals surface area contributed by atoms with Crippen molar-refractivity contribution in [2.24, 2.45) is 40.2 Å². The lowest BCUT2D eigenvalue weighted by atomic mass is 9.45. The molecule has 0 amide bonds. The van der Waals surface area contributed by atoms with E-state index >= 15 is 0 Å². The maximum Gasteiger partial charge on any atom is 0.0543 e. The second-order valence-electron chi connectivity index (χ2n) is 9.31. The molecule has 2 nitrogen and oxygen atoms in total. The first-order valence-electron chi connectivity index (χ1n) is 9.39. The monoisotopic (exact) mass is 291 g/mol. The predicted octanol–water partition coefficient (Wildman–Crippen LogP) is 3.72. The minimum atomic E-state index is -0.0200. The molecule has 0 spiro atoms. The van der Waals surface area contributed by atoms with Crippen LogP contribution >= 0.6 is 0 Å². The molecule has 0 aromatic carbocycles. The second-order valence-corrected chi connectivity index (χ2v) is 9.31. The molecule has 4 saturated carbocycles. The Kier molecular flexibility index (Phi) is 3.25. The summed E-state index contributed by atoms with van der Waals surface area (Å²) in [6, 6.07) is 0.446. The van der Waals surface area contributed by atoms with Crippen LogP contribution < -0.4 is 5.73 Å². The molecule has 21 heavy (non-hydrogen) atoms. The van der Waals surface area contributed by atoms with Gasteiger partial charge in [0.25, 0.3) is 0 Å². The van der Waals surface area contributed by atoms with Gasteiger partial charge in [0.05, 0.1) is 6.10 Å². The van der Waals surface area contributed by atoms with E-state index in [1.807, 2.05) is 0 Å². The van der Waals surface area contributed by atoms with Crippen LogP contribution in [0.15, 0.2) is 0 Å². The zero-order valence-corrected chi connectivity index (χ0v) is 13.9. The summed E-state index contributed by atoms with van der Waals surface area (Å²) < 4.78 is 0. The van der Waals surface area contributed by atoms with E-state index in [9.17, 15) is 5.11 Å². The zero-order chi connectivity index (χ0) is 14.8. The molecule has 0 heterocycles. The van der Waals surface area contributed by atoms with Gasteiger partial charge in [0.1, 0.15) is 0 Å². The summed E-state index contributed by atoms with van der Waals surface area (Å²) >= 11 is 0. The van der Waals surface area contributed by atoms with Gasteiger partial charge in [-0.25, -0.2) is 0 Å². The summed E-state index contributed by atoms with van der Waals surface area (Å²) in [5, 5.41) is 10.1. The van der Waals surface area contributed by atoms with Gasteiger partial charge in [-0.3, -0.25) is 0 Å². The van der Waals surface area contributed by atoms with Crippen molar-refractivity contribution in [1.29, 1.82) is 0 Å². The van der Waals surface area contributed by atoms with Crippen molar-refractivity contribution >= 4 is 0 Å². The van der Waals surface area contributed by atoms with Crippen molar-refractivity contribution in [3.05, 3.63) is 0 Å². The summed E-state index contributed by atoms with van der Waals surface area (Å²) in [5.41, 5.74) is 7.43. The molecule has 0 aromatic rings. The molecule has 0 saturated heterocycles. The Hall–Kier alpha value is -0.0800. The number of aliphatic hydroxyl groups is 1. The Morgan fingerprint density at radius 2 is 1.57 bits per heavy atom. The fourth-order valence-electron chi connectivity index (χ4n) is 7.28. The number of aliphatic hydroxyl groups excluding tert-OH is 1. The molecule has 120 valence electrons. The number of hydrogen-bond donors (Lipinski definition) is 2. The van der Waals surface area contributed by atoms with E-state index in [0.717, 1.165) is 36.5 Å². The third-order valence-electron chi connectivity index (χ3n) is 8.71. The third-order valence-corrected chi connectivity index (χ3v) is 8.71. The van der Waals surface area contributed by atoms with E-state index in [1.165, 1.54) is 44.9 Å². The molecule has 0 radical (unpaired) electrons. The molecule has 4 fully saturated rings. The first-order valence-corrected chi connectivity index (χ1v) is 9.39. The van der Waals surface area contributed by atoms with Crippen LogP contribution in [0.25, 0.3) is 0 Å². The first-order chi connectivity index (χ1) is 9.95. The quantitative estimate of drug-likeness (QED) is 0.714. The fraction of sp³-hybridized carbons (Fsp3) is 1.00. The average Bonchev–Trinajstić information content (AvgIpc) is 2.76.